The van der Waals surface area contributed by atoms with Crippen molar-refractivity contribution in [1.29, 1.82) is 0 Å². The first-order chi connectivity index (χ1) is 9.97. The highest BCUT2D eigenvalue weighted by Crippen LogP contribution is 2.36. The summed E-state index contributed by atoms with van der Waals surface area (Å²) >= 11 is 11.9. The number of hydrogen-bond acceptors (Lipinski definition) is 2. The van der Waals surface area contributed by atoms with E-state index in [4.69, 9.17) is 33.0 Å². The lowest BCUT2D eigenvalue weighted by Gasteiger charge is -2.12. The molecule has 0 aliphatic heterocycles. The molecule has 0 aliphatic rings. The van der Waals surface area contributed by atoms with Gasteiger partial charge >= 0.3 is 5.97 Å². The van der Waals surface area contributed by atoms with Crippen molar-refractivity contribution in [2.24, 2.45) is 0 Å². The number of para-hydroxylation sites is 1. The van der Waals surface area contributed by atoms with Gasteiger partial charge in [0.05, 0.1) is 10.0 Å². The Balaban J connectivity index is 2.41. The maximum Gasteiger partial charge on any atom is 0.328 e. The van der Waals surface area contributed by atoms with E-state index in [-0.39, 0.29) is 21.5 Å². The fraction of sp³-hybridized carbons (Fsp3) is 0. The second-order valence-electron chi connectivity index (χ2n) is 4.01. The van der Waals surface area contributed by atoms with Crippen LogP contribution in [0.25, 0.3) is 6.08 Å². The van der Waals surface area contributed by atoms with Crippen LogP contribution in [-0.2, 0) is 4.79 Å². The minimum atomic E-state index is -1.10. The summed E-state index contributed by atoms with van der Waals surface area (Å²) in [6.45, 7) is 0. The predicted octanol–water partition coefficient (Wildman–Crippen LogP) is 5.02. The largest absolute Gasteiger partial charge is 0.478 e. The Morgan fingerprint density at radius 1 is 1.19 bits per heavy atom. The molecule has 0 heterocycles. The van der Waals surface area contributed by atoms with Gasteiger partial charge in [0.25, 0.3) is 0 Å². The number of halogens is 3. The molecule has 0 saturated heterocycles. The first-order valence-corrected chi connectivity index (χ1v) is 6.55. The number of aliphatic carboxylic acids is 1. The molecule has 0 amide bonds. The molecule has 21 heavy (non-hydrogen) atoms. The molecule has 0 aromatic heterocycles. The molecule has 0 saturated carbocycles. The second-order valence-corrected chi connectivity index (χ2v) is 4.82. The molecule has 2 rings (SSSR count). The molecule has 0 bridgehead atoms. The third-order valence-electron chi connectivity index (χ3n) is 2.51. The molecule has 108 valence electrons. The highest BCUT2D eigenvalue weighted by molar-refractivity contribution is 6.33. The summed E-state index contributed by atoms with van der Waals surface area (Å²) in [6, 6.07) is 8.56. The van der Waals surface area contributed by atoms with Gasteiger partial charge in [-0.05, 0) is 30.3 Å². The second kappa shape index (κ2) is 6.61. The number of ether oxygens (including phenoxy) is 1. The summed E-state index contributed by atoms with van der Waals surface area (Å²) in [5.41, 5.74) is 0.463. The lowest BCUT2D eigenvalue weighted by atomic mass is 10.2. The van der Waals surface area contributed by atoms with Gasteiger partial charge in [0.2, 0.25) is 0 Å². The molecule has 1 N–H and O–H groups in total. The summed E-state index contributed by atoms with van der Waals surface area (Å²) in [5.74, 6) is -1.13. The van der Waals surface area contributed by atoms with E-state index in [0.717, 1.165) is 12.1 Å². The van der Waals surface area contributed by atoms with Crippen LogP contribution in [-0.4, -0.2) is 11.1 Å². The number of benzene rings is 2. The van der Waals surface area contributed by atoms with E-state index in [1.54, 1.807) is 18.2 Å². The first kappa shape index (κ1) is 15.4. The Labute approximate surface area is 130 Å². The lowest BCUT2D eigenvalue weighted by Crippen LogP contribution is -1.91. The number of carbonyl (C=O) groups is 1. The molecule has 0 atom stereocenters. The predicted molar refractivity (Wildman–Crippen MR) is 79.6 cm³/mol. The van der Waals surface area contributed by atoms with E-state index in [0.29, 0.717) is 5.56 Å². The number of rotatable bonds is 4. The lowest BCUT2D eigenvalue weighted by molar-refractivity contribution is -0.131. The Hall–Kier alpha value is -2.04. The van der Waals surface area contributed by atoms with Crippen molar-refractivity contribution in [2.45, 2.75) is 0 Å². The van der Waals surface area contributed by atoms with Crippen molar-refractivity contribution >= 4 is 35.2 Å². The van der Waals surface area contributed by atoms with Gasteiger partial charge in [0.15, 0.2) is 5.75 Å². The molecule has 0 unspecified atom stereocenters. The summed E-state index contributed by atoms with van der Waals surface area (Å²) in [7, 11) is 0. The summed E-state index contributed by atoms with van der Waals surface area (Å²) in [6.07, 6.45) is 2.31. The third kappa shape index (κ3) is 3.97. The maximum absolute atomic E-state index is 13.0. The minimum absolute atomic E-state index is 0.0862. The van der Waals surface area contributed by atoms with E-state index < -0.39 is 11.8 Å². The van der Waals surface area contributed by atoms with Gasteiger partial charge in [-0.25, -0.2) is 9.18 Å². The molecule has 0 radical (unpaired) electrons. The highest BCUT2D eigenvalue weighted by atomic mass is 35.5. The molecular weight excluding hydrogens is 318 g/mol. The third-order valence-corrected chi connectivity index (χ3v) is 3.10. The number of carboxylic acids is 1. The fourth-order valence-electron chi connectivity index (χ4n) is 1.59. The zero-order valence-electron chi connectivity index (χ0n) is 10.5. The van der Waals surface area contributed by atoms with E-state index in [9.17, 15) is 9.18 Å². The molecule has 6 heteroatoms. The van der Waals surface area contributed by atoms with E-state index in [1.807, 2.05) is 0 Å². The normalized spacial score (nSPS) is 10.8. The quantitative estimate of drug-likeness (QED) is 0.802. The van der Waals surface area contributed by atoms with E-state index in [2.05, 4.69) is 0 Å². The van der Waals surface area contributed by atoms with Gasteiger partial charge in [-0.15, -0.1) is 0 Å². The monoisotopic (exact) mass is 326 g/mol. The molecule has 0 spiro atoms. The minimum Gasteiger partial charge on any atom is -0.478 e. The van der Waals surface area contributed by atoms with Crippen molar-refractivity contribution < 1.29 is 19.0 Å². The van der Waals surface area contributed by atoms with Gasteiger partial charge in [-0.1, -0.05) is 35.3 Å². The van der Waals surface area contributed by atoms with Crippen LogP contribution in [0.1, 0.15) is 5.56 Å². The van der Waals surface area contributed by atoms with Crippen LogP contribution in [0.4, 0.5) is 4.39 Å². The smallest absolute Gasteiger partial charge is 0.328 e. The number of carboxylic acid groups (broad SMARTS) is 1. The van der Waals surface area contributed by atoms with Gasteiger partial charge in [0.1, 0.15) is 11.6 Å². The Morgan fingerprint density at radius 3 is 2.62 bits per heavy atom. The van der Waals surface area contributed by atoms with Crippen molar-refractivity contribution in [1.82, 2.24) is 0 Å². The number of hydrogen-bond donors (Lipinski definition) is 1. The first-order valence-electron chi connectivity index (χ1n) is 5.80. The molecule has 3 nitrogen and oxygen atoms in total. The van der Waals surface area contributed by atoms with Crippen LogP contribution >= 0.6 is 23.2 Å². The van der Waals surface area contributed by atoms with Crippen LogP contribution in [0.5, 0.6) is 11.5 Å². The van der Waals surface area contributed by atoms with Crippen molar-refractivity contribution in [3.05, 3.63) is 63.9 Å². The maximum atomic E-state index is 13.0. The van der Waals surface area contributed by atoms with Crippen molar-refractivity contribution in [2.75, 3.05) is 0 Å². The Bertz CT molecular complexity index is 714. The van der Waals surface area contributed by atoms with Gasteiger partial charge in [-0.2, -0.15) is 0 Å². The van der Waals surface area contributed by atoms with E-state index in [1.165, 1.54) is 18.2 Å². The van der Waals surface area contributed by atoms with Crippen LogP contribution in [0.2, 0.25) is 10.0 Å². The molecule has 0 aliphatic carbocycles. The van der Waals surface area contributed by atoms with Crippen molar-refractivity contribution in [3.63, 3.8) is 0 Å². The average Bonchev–Trinajstić information content (AvgIpc) is 2.42. The van der Waals surface area contributed by atoms with Crippen LogP contribution in [0, 0.1) is 5.82 Å². The topological polar surface area (TPSA) is 46.5 Å². The highest BCUT2D eigenvalue weighted by Gasteiger charge is 2.11. The molecule has 2 aromatic carbocycles. The molecule has 2 aromatic rings. The van der Waals surface area contributed by atoms with Gasteiger partial charge in [-0.3, -0.25) is 0 Å². The van der Waals surface area contributed by atoms with Crippen LogP contribution in [0.3, 0.4) is 0 Å². The Morgan fingerprint density at radius 2 is 1.95 bits per heavy atom. The molecular formula is C15H9Cl2FO3. The average molecular weight is 327 g/mol. The van der Waals surface area contributed by atoms with Crippen LogP contribution < -0.4 is 4.74 Å². The SMILES string of the molecule is O=C(O)/C=C/c1cccc(Cl)c1Oc1ccc(F)cc1Cl. The van der Waals surface area contributed by atoms with Crippen LogP contribution in [0.15, 0.2) is 42.5 Å². The van der Waals surface area contributed by atoms with Gasteiger partial charge < -0.3 is 9.84 Å². The Kier molecular flexibility index (Phi) is 4.83. The summed E-state index contributed by atoms with van der Waals surface area (Å²) < 4.78 is 18.6. The molecule has 0 fully saturated rings. The summed E-state index contributed by atoms with van der Waals surface area (Å²) in [5, 5.41) is 9.04. The fourth-order valence-corrected chi connectivity index (χ4v) is 2.02. The summed E-state index contributed by atoms with van der Waals surface area (Å²) in [4.78, 5) is 10.6. The van der Waals surface area contributed by atoms with Crippen molar-refractivity contribution in [3.8, 4) is 11.5 Å². The van der Waals surface area contributed by atoms with E-state index >= 15 is 0 Å². The standard InChI is InChI=1S/C15H9Cl2FO3/c16-11-3-1-2-9(4-7-14(19)20)15(11)21-13-6-5-10(18)8-12(13)17/h1-8H,(H,19,20)/b7-4+. The zero-order chi connectivity index (χ0) is 15.4. The van der Waals surface area contributed by atoms with Gasteiger partial charge in [0, 0.05) is 11.6 Å². The zero-order valence-corrected chi connectivity index (χ0v) is 12.0.